The van der Waals surface area contributed by atoms with Crippen molar-refractivity contribution in [1.82, 2.24) is 15.0 Å². The van der Waals surface area contributed by atoms with Crippen molar-refractivity contribution in [2.24, 2.45) is 4.99 Å². The second-order valence-electron chi connectivity index (χ2n) is 3.64. The molecule has 0 aliphatic rings. The van der Waals surface area contributed by atoms with Crippen LogP contribution in [0.2, 0.25) is 0 Å². The molecule has 21 heavy (non-hydrogen) atoms. The number of fused-ring (bicyclic) bond motifs is 1. The fourth-order valence-corrected chi connectivity index (χ4v) is 1.51. The van der Waals surface area contributed by atoms with Crippen molar-refractivity contribution >= 4 is 23.3 Å². The highest BCUT2D eigenvalue weighted by atomic mass is 14.9. The van der Waals surface area contributed by atoms with Crippen molar-refractivity contribution in [1.29, 1.82) is 0 Å². The van der Waals surface area contributed by atoms with Gasteiger partial charge in [0.2, 0.25) is 0 Å². The van der Waals surface area contributed by atoms with Crippen LogP contribution in [0.25, 0.3) is 17.1 Å². The van der Waals surface area contributed by atoms with Crippen molar-refractivity contribution in [3.63, 3.8) is 0 Å². The summed E-state index contributed by atoms with van der Waals surface area (Å²) >= 11 is 0. The lowest BCUT2D eigenvalue weighted by molar-refractivity contribution is 1.13. The highest BCUT2D eigenvalue weighted by Gasteiger charge is 2.04. The molecule has 0 aliphatic heterocycles. The van der Waals surface area contributed by atoms with Gasteiger partial charge < -0.3 is 0 Å². The van der Waals surface area contributed by atoms with Gasteiger partial charge in [-0.2, -0.15) is 0 Å². The molecule has 2 rings (SSSR count). The number of aromatic nitrogens is 3. The first-order chi connectivity index (χ1) is 10.2. The van der Waals surface area contributed by atoms with Crippen LogP contribution in [0.15, 0.2) is 23.8 Å². The van der Waals surface area contributed by atoms with Crippen molar-refractivity contribution < 1.29 is 0 Å². The van der Waals surface area contributed by atoms with Crippen molar-refractivity contribution in [2.75, 3.05) is 6.54 Å². The van der Waals surface area contributed by atoms with Crippen molar-refractivity contribution in [2.45, 2.75) is 41.5 Å². The van der Waals surface area contributed by atoms with Crippen molar-refractivity contribution in [3.8, 4) is 0 Å². The molecule has 2 aromatic heterocycles. The third-order valence-electron chi connectivity index (χ3n) is 2.33. The van der Waals surface area contributed by atoms with Gasteiger partial charge in [-0.1, -0.05) is 34.3 Å². The van der Waals surface area contributed by atoms with Gasteiger partial charge in [0.25, 0.3) is 0 Å². The molecular weight excluding hydrogens is 260 g/mol. The Kier molecular flexibility index (Phi) is 9.59. The first-order valence-corrected chi connectivity index (χ1v) is 7.51. The zero-order valence-corrected chi connectivity index (χ0v) is 14.0. The Morgan fingerprint density at radius 3 is 2.29 bits per heavy atom. The maximum Gasteiger partial charge on any atom is 0.108 e. The van der Waals surface area contributed by atoms with E-state index in [0.717, 1.165) is 34.7 Å². The largest absolute Gasteiger partial charge is 0.291 e. The van der Waals surface area contributed by atoms with E-state index in [9.17, 15) is 0 Å². The van der Waals surface area contributed by atoms with E-state index in [1.807, 2.05) is 47.6 Å². The monoisotopic (exact) mass is 286 g/mol. The van der Waals surface area contributed by atoms with Crippen LogP contribution in [0.1, 0.15) is 51.7 Å². The van der Waals surface area contributed by atoms with E-state index >= 15 is 0 Å². The van der Waals surface area contributed by atoms with Crippen LogP contribution in [0, 0.1) is 6.92 Å². The van der Waals surface area contributed by atoms with Crippen LogP contribution in [0.3, 0.4) is 0 Å². The SMILES string of the molecule is C=Cc1nc2cnc(C)cc2nc1C=NCC.CC.CC. The third kappa shape index (κ3) is 5.42. The molecule has 4 heteroatoms. The molecule has 0 unspecified atom stereocenters. The van der Waals surface area contributed by atoms with E-state index in [1.165, 1.54) is 0 Å². The minimum absolute atomic E-state index is 0.728. The van der Waals surface area contributed by atoms with Crippen LogP contribution < -0.4 is 0 Å². The second-order valence-corrected chi connectivity index (χ2v) is 3.64. The Bertz CT molecular complexity index is 589. The molecule has 4 nitrogen and oxygen atoms in total. The lowest BCUT2D eigenvalue weighted by atomic mass is 10.2. The normalized spacial score (nSPS) is 9.62. The zero-order valence-electron chi connectivity index (χ0n) is 14.0. The maximum atomic E-state index is 4.52. The van der Waals surface area contributed by atoms with Gasteiger partial charge in [-0.25, -0.2) is 9.97 Å². The summed E-state index contributed by atoms with van der Waals surface area (Å²) in [5, 5.41) is 0. The molecule has 0 saturated heterocycles. The number of pyridine rings is 1. The van der Waals surface area contributed by atoms with E-state index in [2.05, 4.69) is 26.5 Å². The molecule has 114 valence electrons. The zero-order chi connectivity index (χ0) is 16.3. The predicted octanol–water partition coefficient (Wildman–Crippen LogP) is 4.47. The molecule has 0 radical (unpaired) electrons. The molecule has 0 saturated carbocycles. The van der Waals surface area contributed by atoms with E-state index in [-0.39, 0.29) is 0 Å². The topological polar surface area (TPSA) is 51.0 Å². The third-order valence-corrected chi connectivity index (χ3v) is 2.33. The maximum absolute atomic E-state index is 4.52. The molecule has 0 fully saturated rings. The number of aryl methyl sites for hydroxylation is 1. The molecule has 0 N–H and O–H groups in total. The van der Waals surface area contributed by atoms with E-state index in [4.69, 9.17) is 0 Å². The highest BCUT2D eigenvalue weighted by Crippen LogP contribution is 2.13. The summed E-state index contributed by atoms with van der Waals surface area (Å²) in [5.41, 5.74) is 4.02. The summed E-state index contributed by atoms with van der Waals surface area (Å²) in [4.78, 5) is 17.4. The Hall–Kier alpha value is -2.10. The van der Waals surface area contributed by atoms with Gasteiger partial charge in [-0.15, -0.1) is 0 Å². The lowest BCUT2D eigenvalue weighted by Gasteiger charge is -2.03. The number of hydrogen-bond acceptors (Lipinski definition) is 4. The molecular formula is C17H26N4. The summed E-state index contributed by atoms with van der Waals surface area (Å²) in [6, 6.07) is 1.92. The van der Waals surface area contributed by atoms with Crippen LogP contribution >= 0.6 is 0 Å². The Labute approximate surface area is 128 Å². The second kappa shape index (κ2) is 10.7. The standard InChI is InChI=1S/C13H14N4.2C2H6/c1-4-10-12(7-14-5-2)17-11-6-9(3)15-8-13(11)16-10;2*1-2/h4,6-8H,1,5H2,2-3H3;2*1-2H3. The minimum Gasteiger partial charge on any atom is -0.291 e. The Morgan fingerprint density at radius 2 is 1.71 bits per heavy atom. The summed E-state index contributed by atoms with van der Waals surface area (Å²) in [6.45, 7) is 16.4. The molecule has 2 heterocycles. The molecule has 2 aromatic rings. The minimum atomic E-state index is 0.728. The van der Waals surface area contributed by atoms with Gasteiger partial charge >= 0.3 is 0 Å². The summed E-state index contributed by atoms with van der Waals surface area (Å²) < 4.78 is 0. The fourth-order valence-electron chi connectivity index (χ4n) is 1.51. The van der Waals surface area contributed by atoms with Gasteiger partial charge in [-0.3, -0.25) is 9.98 Å². The summed E-state index contributed by atoms with van der Waals surface area (Å²) in [6.07, 6.45) is 5.15. The number of nitrogens with zero attached hydrogens (tertiary/aromatic N) is 4. The molecule has 0 amide bonds. The van der Waals surface area contributed by atoms with Gasteiger partial charge in [-0.05, 0) is 26.0 Å². The van der Waals surface area contributed by atoms with Crippen molar-refractivity contribution in [3.05, 3.63) is 35.9 Å². The predicted molar refractivity (Wildman–Crippen MR) is 93.0 cm³/mol. The lowest BCUT2D eigenvalue weighted by Crippen LogP contribution is -1.99. The fraction of sp³-hybridized carbons (Fsp3) is 0.412. The highest BCUT2D eigenvalue weighted by molar-refractivity contribution is 5.86. The smallest absolute Gasteiger partial charge is 0.108 e. The van der Waals surface area contributed by atoms with Crippen LogP contribution in [0.5, 0.6) is 0 Å². The number of rotatable bonds is 3. The van der Waals surface area contributed by atoms with E-state index in [1.54, 1.807) is 18.5 Å². The average molecular weight is 286 g/mol. The van der Waals surface area contributed by atoms with Gasteiger partial charge in [0.1, 0.15) is 11.2 Å². The number of aliphatic imine (C=N–C) groups is 1. The first kappa shape index (κ1) is 18.9. The van der Waals surface area contributed by atoms with Gasteiger partial charge in [0, 0.05) is 18.5 Å². The first-order valence-electron chi connectivity index (χ1n) is 7.51. The Balaban J connectivity index is 0.000000921. The van der Waals surface area contributed by atoms with E-state index in [0.29, 0.717) is 0 Å². The average Bonchev–Trinajstić information content (AvgIpc) is 2.55. The number of hydrogen-bond donors (Lipinski definition) is 0. The molecule has 0 atom stereocenters. The molecule has 0 aromatic carbocycles. The molecule has 0 aliphatic carbocycles. The van der Waals surface area contributed by atoms with Gasteiger partial charge in [0.15, 0.2) is 0 Å². The van der Waals surface area contributed by atoms with E-state index < -0.39 is 0 Å². The quantitative estimate of drug-likeness (QED) is 0.782. The summed E-state index contributed by atoms with van der Waals surface area (Å²) in [7, 11) is 0. The van der Waals surface area contributed by atoms with Crippen LogP contribution in [0.4, 0.5) is 0 Å². The summed E-state index contributed by atoms with van der Waals surface area (Å²) in [5.74, 6) is 0. The van der Waals surface area contributed by atoms with Crippen LogP contribution in [-0.4, -0.2) is 27.7 Å². The van der Waals surface area contributed by atoms with Crippen LogP contribution in [-0.2, 0) is 0 Å². The molecule has 0 bridgehead atoms. The van der Waals surface area contributed by atoms with Gasteiger partial charge in [0.05, 0.1) is 17.4 Å². The molecule has 0 spiro atoms. The Morgan fingerprint density at radius 1 is 1.10 bits per heavy atom.